The van der Waals surface area contributed by atoms with Crippen LogP contribution in [0.5, 0.6) is 0 Å². The Bertz CT molecular complexity index is 1050. The summed E-state index contributed by atoms with van der Waals surface area (Å²) in [6.45, 7) is 12.5. The first-order valence-corrected chi connectivity index (χ1v) is 16.8. The van der Waals surface area contributed by atoms with E-state index in [0.717, 1.165) is 50.7 Å². The molecule has 0 saturated carbocycles. The van der Waals surface area contributed by atoms with Crippen molar-refractivity contribution in [2.75, 3.05) is 57.8 Å². The fourth-order valence-electron chi connectivity index (χ4n) is 4.75. The number of carbonyl (C=O) groups excluding carboxylic acids is 1. The van der Waals surface area contributed by atoms with Gasteiger partial charge in [0.05, 0.1) is 16.7 Å². The van der Waals surface area contributed by atoms with Crippen LogP contribution in [0.3, 0.4) is 0 Å². The zero-order chi connectivity index (χ0) is 27.6. The van der Waals surface area contributed by atoms with Crippen LogP contribution in [0.2, 0.25) is 0 Å². The van der Waals surface area contributed by atoms with Crippen molar-refractivity contribution in [3.63, 3.8) is 0 Å². The van der Waals surface area contributed by atoms with E-state index >= 15 is 0 Å². The van der Waals surface area contributed by atoms with Gasteiger partial charge in [-0.05, 0) is 63.5 Å². The minimum atomic E-state index is -3.38. The van der Waals surface area contributed by atoms with E-state index in [9.17, 15) is 21.6 Å². The molecule has 2 unspecified atom stereocenters. The van der Waals surface area contributed by atoms with Crippen LogP contribution in [0.4, 0.5) is 0 Å². The van der Waals surface area contributed by atoms with Crippen LogP contribution in [0.1, 0.15) is 46.1 Å². The predicted octanol–water partition coefficient (Wildman–Crippen LogP) is 1.64. The Morgan fingerprint density at radius 3 is 2.32 bits per heavy atom. The highest BCUT2D eigenvalue weighted by Gasteiger charge is 2.32. The lowest BCUT2D eigenvalue weighted by Gasteiger charge is -2.38. The third kappa shape index (κ3) is 10.4. The van der Waals surface area contributed by atoms with E-state index in [1.165, 1.54) is 10.6 Å². The van der Waals surface area contributed by atoms with Gasteiger partial charge in [-0.25, -0.2) is 16.8 Å². The smallest absolute Gasteiger partial charge is 0.215 e. The minimum absolute atomic E-state index is 0.0453. The molecular formula is C26H46N4O5S2. The van der Waals surface area contributed by atoms with Crippen LogP contribution in [0, 0.1) is 0 Å². The van der Waals surface area contributed by atoms with E-state index in [1.54, 1.807) is 12.1 Å². The van der Waals surface area contributed by atoms with Crippen molar-refractivity contribution in [3.8, 4) is 0 Å². The number of rotatable bonds is 16. The van der Waals surface area contributed by atoms with E-state index in [2.05, 4.69) is 29.0 Å². The van der Waals surface area contributed by atoms with E-state index < -0.39 is 25.9 Å². The normalized spacial score (nSPS) is 18.9. The summed E-state index contributed by atoms with van der Waals surface area (Å²) in [6, 6.07) is 7.26. The molecule has 1 aromatic carbocycles. The second kappa shape index (κ2) is 14.7. The summed E-state index contributed by atoms with van der Waals surface area (Å²) in [5.74, 6) is 0.0453. The number of benzene rings is 1. The SMILES string of the molecule is CCN(CCCCN1CCN(S(=O)(=O)CCNC(C)C)CC1C=O)C(C)Cc1ccc(S(C)(=O)=O)cc1. The Hall–Kier alpha value is -1.37. The molecule has 0 bridgehead atoms. The highest BCUT2D eigenvalue weighted by atomic mass is 32.2. The number of likely N-dealkylation sites (N-methyl/N-ethyl adjacent to an activating group) is 1. The fourth-order valence-corrected chi connectivity index (χ4v) is 6.75. The van der Waals surface area contributed by atoms with Crippen molar-refractivity contribution in [2.45, 2.75) is 70.0 Å². The lowest BCUT2D eigenvalue weighted by Crippen LogP contribution is -2.56. The summed E-state index contributed by atoms with van der Waals surface area (Å²) in [5.41, 5.74) is 1.11. The van der Waals surface area contributed by atoms with Crippen LogP contribution in [-0.2, 0) is 31.1 Å². The summed E-state index contributed by atoms with van der Waals surface area (Å²) in [5, 5.41) is 3.14. The van der Waals surface area contributed by atoms with Crippen molar-refractivity contribution in [1.82, 2.24) is 19.4 Å². The summed E-state index contributed by atoms with van der Waals surface area (Å²) in [4.78, 5) is 16.6. The summed E-state index contributed by atoms with van der Waals surface area (Å²) < 4.78 is 50.2. The Kier molecular flexibility index (Phi) is 12.6. The molecule has 0 radical (unpaired) electrons. The Morgan fingerprint density at radius 1 is 1.08 bits per heavy atom. The van der Waals surface area contributed by atoms with Gasteiger partial charge in [0, 0.05) is 44.5 Å². The first-order valence-electron chi connectivity index (χ1n) is 13.3. The van der Waals surface area contributed by atoms with Gasteiger partial charge in [0.25, 0.3) is 0 Å². The number of sulfone groups is 1. The molecule has 212 valence electrons. The van der Waals surface area contributed by atoms with E-state index in [-0.39, 0.29) is 18.3 Å². The molecule has 1 aliphatic rings. The number of carbonyl (C=O) groups is 1. The largest absolute Gasteiger partial charge is 0.313 e. The number of piperazine rings is 1. The number of sulfonamides is 1. The van der Waals surface area contributed by atoms with E-state index in [1.807, 2.05) is 26.0 Å². The average Bonchev–Trinajstić information content (AvgIpc) is 2.83. The maximum Gasteiger partial charge on any atom is 0.215 e. The summed E-state index contributed by atoms with van der Waals surface area (Å²) in [7, 11) is -6.57. The molecule has 1 saturated heterocycles. The highest BCUT2D eigenvalue weighted by molar-refractivity contribution is 7.90. The van der Waals surface area contributed by atoms with Gasteiger partial charge in [-0.1, -0.05) is 32.9 Å². The molecule has 1 fully saturated rings. The van der Waals surface area contributed by atoms with Crippen molar-refractivity contribution < 1.29 is 21.6 Å². The lowest BCUT2D eigenvalue weighted by atomic mass is 10.1. The minimum Gasteiger partial charge on any atom is -0.313 e. The molecule has 1 N–H and O–H groups in total. The third-order valence-corrected chi connectivity index (χ3v) is 9.98. The number of aldehydes is 1. The molecule has 0 aliphatic carbocycles. The van der Waals surface area contributed by atoms with Gasteiger partial charge >= 0.3 is 0 Å². The molecule has 1 aliphatic heterocycles. The standard InChI is InChI=1S/C26H46N4O5S2/c1-6-28(23(4)19-24-9-11-26(12-10-24)36(5,32)33)14-7-8-15-29-16-17-30(20-25(29)21-31)37(34,35)18-13-27-22(2)3/h9-12,21-23,25,27H,6-8,13-20H2,1-5H3. The predicted molar refractivity (Wildman–Crippen MR) is 149 cm³/mol. The number of hydrogen-bond donors (Lipinski definition) is 1. The van der Waals surface area contributed by atoms with Crippen LogP contribution in [0.25, 0.3) is 0 Å². The molecule has 0 aromatic heterocycles. The van der Waals surface area contributed by atoms with Gasteiger partial charge in [-0.3, -0.25) is 4.90 Å². The summed E-state index contributed by atoms with van der Waals surface area (Å²) in [6.07, 6.45) is 4.85. The first kappa shape index (κ1) is 31.8. The number of hydrogen-bond acceptors (Lipinski definition) is 8. The van der Waals surface area contributed by atoms with Crippen LogP contribution in [-0.4, -0.2) is 113 Å². The summed E-state index contributed by atoms with van der Waals surface area (Å²) >= 11 is 0. The second-order valence-corrected chi connectivity index (χ2v) is 14.4. The Morgan fingerprint density at radius 2 is 1.76 bits per heavy atom. The zero-order valence-corrected chi connectivity index (χ0v) is 24.7. The molecule has 0 amide bonds. The van der Waals surface area contributed by atoms with Crippen molar-refractivity contribution in [3.05, 3.63) is 29.8 Å². The molecule has 1 aromatic rings. The van der Waals surface area contributed by atoms with E-state index in [4.69, 9.17) is 0 Å². The third-order valence-electron chi connectivity index (χ3n) is 7.01. The molecule has 9 nitrogen and oxygen atoms in total. The van der Waals surface area contributed by atoms with Crippen molar-refractivity contribution in [1.29, 1.82) is 0 Å². The highest BCUT2D eigenvalue weighted by Crippen LogP contribution is 2.16. The van der Waals surface area contributed by atoms with Gasteiger partial charge in [0.15, 0.2) is 9.84 Å². The van der Waals surface area contributed by atoms with Crippen LogP contribution < -0.4 is 5.32 Å². The van der Waals surface area contributed by atoms with Gasteiger partial charge in [-0.15, -0.1) is 0 Å². The van der Waals surface area contributed by atoms with Crippen LogP contribution in [0.15, 0.2) is 29.2 Å². The second-order valence-electron chi connectivity index (χ2n) is 10.3. The molecule has 0 spiro atoms. The number of nitrogens with zero attached hydrogens (tertiary/aromatic N) is 3. The molecule has 2 atom stereocenters. The zero-order valence-electron chi connectivity index (χ0n) is 23.1. The number of unbranched alkanes of at least 4 members (excludes halogenated alkanes) is 1. The molecule has 37 heavy (non-hydrogen) atoms. The van der Waals surface area contributed by atoms with Crippen molar-refractivity contribution >= 4 is 26.1 Å². The van der Waals surface area contributed by atoms with E-state index in [0.29, 0.717) is 30.6 Å². The lowest BCUT2D eigenvalue weighted by molar-refractivity contribution is -0.113. The fraction of sp³-hybridized carbons (Fsp3) is 0.731. The number of nitrogens with one attached hydrogen (secondary N) is 1. The van der Waals surface area contributed by atoms with Gasteiger partial charge in [-0.2, -0.15) is 4.31 Å². The van der Waals surface area contributed by atoms with Crippen LogP contribution >= 0.6 is 0 Å². The molecule has 1 heterocycles. The monoisotopic (exact) mass is 558 g/mol. The Labute approximate surface area is 224 Å². The quantitative estimate of drug-likeness (QED) is 0.241. The van der Waals surface area contributed by atoms with Crippen molar-refractivity contribution in [2.24, 2.45) is 0 Å². The van der Waals surface area contributed by atoms with Gasteiger partial charge < -0.3 is 15.0 Å². The van der Waals surface area contributed by atoms with Gasteiger partial charge in [0.1, 0.15) is 6.29 Å². The topological polar surface area (TPSA) is 107 Å². The van der Waals surface area contributed by atoms with Gasteiger partial charge in [0.2, 0.25) is 10.0 Å². The first-order chi connectivity index (χ1) is 17.4. The molecule has 2 rings (SSSR count). The Balaban J connectivity index is 1.79. The maximum atomic E-state index is 12.7. The average molecular weight is 559 g/mol. The maximum absolute atomic E-state index is 12.7. The molecule has 11 heteroatoms. The molecular weight excluding hydrogens is 512 g/mol.